The predicted molar refractivity (Wildman–Crippen MR) is 91.1 cm³/mol. The molecule has 11 heteroatoms. The van der Waals surface area contributed by atoms with Gasteiger partial charge in [-0.05, 0) is 17.7 Å². The summed E-state index contributed by atoms with van der Waals surface area (Å²) in [5.74, 6) is -0.613. The molecule has 0 aliphatic rings. The number of thioether (sulfide) groups is 1. The minimum atomic E-state index is -5.08. The number of imidazole rings is 1. The zero-order valence-corrected chi connectivity index (χ0v) is 14.7. The number of thiophene rings is 1. The fourth-order valence-corrected chi connectivity index (χ4v) is 2.96. The summed E-state index contributed by atoms with van der Waals surface area (Å²) in [5.41, 5.74) is 1.99. The number of aliphatic carboxylic acids is 1. The lowest BCUT2D eigenvalue weighted by atomic mass is 10.4. The fourth-order valence-electron chi connectivity index (χ4n) is 1.88. The summed E-state index contributed by atoms with van der Waals surface area (Å²) in [6.07, 6.45) is -0.130. The summed E-state index contributed by atoms with van der Waals surface area (Å²) >= 11 is 3.58. The minimum Gasteiger partial charge on any atom is -0.475 e. The molecule has 25 heavy (non-hydrogen) atoms. The molecule has 3 aromatic heterocycles. The first-order chi connectivity index (χ1) is 11.8. The van der Waals surface area contributed by atoms with Gasteiger partial charge in [0.2, 0.25) is 0 Å². The van der Waals surface area contributed by atoms with E-state index in [1.54, 1.807) is 11.3 Å². The van der Waals surface area contributed by atoms with E-state index in [2.05, 4.69) is 38.8 Å². The van der Waals surface area contributed by atoms with Gasteiger partial charge in [-0.3, -0.25) is 0 Å². The number of hydrogen-bond donors (Lipinski definition) is 2. The molecule has 0 saturated heterocycles. The van der Waals surface area contributed by atoms with Crippen LogP contribution in [-0.4, -0.2) is 49.0 Å². The quantitative estimate of drug-likeness (QED) is 0.695. The number of carboxylic acid groups (broad SMARTS) is 1. The number of aryl methyl sites for hydroxylation is 1. The molecule has 0 radical (unpaired) electrons. The third-order valence-corrected chi connectivity index (χ3v) is 4.48. The van der Waals surface area contributed by atoms with Crippen LogP contribution >= 0.6 is 23.1 Å². The smallest absolute Gasteiger partial charge is 0.475 e. The number of nitrogens with zero attached hydrogens (tertiary/aromatic N) is 3. The van der Waals surface area contributed by atoms with Gasteiger partial charge < -0.3 is 10.1 Å². The van der Waals surface area contributed by atoms with Gasteiger partial charge in [-0.15, -0.1) is 11.3 Å². The standard InChI is InChI=1S/C12H14N4S2.C2HF3O2/c1-17-6-4-11-14-10-7-13-16(12(10)15-11)8-9-3-2-5-18-9;3-2(4,5)1(6)7/h2-3,5,7H,4,6,8H2,1H3,(H,14,15);(H,6,7). The maximum absolute atomic E-state index is 10.6. The number of nitrogens with one attached hydrogen (secondary N) is 1. The highest BCUT2D eigenvalue weighted by Gasteiger charge is 2.38. The molecule has 0 amide bonds. The van der Waals surface area contributed by atoms with Crippen LogP contribution in [0.5, 0.6) is 0 Å². The lowest BCUT2D eigenvalue weighted by molar-refractivity contribution is -0.192. The number of fused-ring (bicyclic) bond motifs is 1. The Morgan fingerprint density at radius 2 is 2.20 bits per heavy atom. The lowest BCUT2D eigenvalue weighted by Gasteiger charge is -1.98. The Bertz CT molecular complexity index is 812. The molecule has 0 atom stereocenters. The molecule has 0 aliphatic heterocycles. The number of H-pyrrole nitrogens is 1. The van der Waals surface area contributed by atoms with Crippen molar-refractivity contribution >= 4 is 40.2 Å². The van der Waals surface area contributed by atoms with Crippen molar-refractivity contribution in [2.45, 2.75) is 19.1 Å². The number of carboxylic acids is 1. The SMILES string of the molecule is CSCCc1nc2c(cnn2Cc2cccs2)[nH]1.O=C(O)C(F)(F)F. The van der Waals surface area contributed by atoms with Crippen LogP contribution in [0.3, 0.4) is 0 Å². The maximum Gasteiger partial charge on any atom is 0.490 e. The average molecular weight is 392 g/mol. The molecular formula is C14H15F3N4O2S2. The van der Waals surface area contributed by atoms with Gasteiger partial charge in [0.25, 0.3) is 0 Å². The van der Waals surface area contributed by atoms with E-state index in [0.29, 0.717) is 0 Å². The van der Waals surface area contributed by atoms with E-state index < -0.39 is 12.1 Å². The van der Waals surface area contributed by atoms with E-state index in [1.807, 2.05) is 22.6 Å². The molecule has 0 aromatic carbocycles. The number of halogens is 3. The number of alkyl halides is 3. The highest BCUT2D eigenvalue weighted by atomic mass is 32.2. The largest absolute Gasteiger partial charge is 0.490 e. The molecular weight excluding hydrogens is 377 g/mol. The molecule has 3 rings (SSSR count). The number of aromatic nitrogens is 4. The molecule has 0 saturated carbocycles. The molecule has 3 heterocycles. The van der Waals surface area contributed by atoms with E-state index in [9.17, 15) is 13.2 Å². The Kier molecular flexibility index (Phi) is 6.48. The van der Waals surface area contributed by atoms with Crippen molar-refractivity contribution in [2.75, 3.05) is 12.0 Å². The number of carbonyl (C=O) groups is 1. The van der Waals surface area contributed by atoms with Crippen LogP contribution in [-0.2, 0) is 17.8 Å². The Morgan fingerprint density at radius 1 is 1.48 bits per heavy atom. The Morgan fingerprint density at radius 3 is 2.76 bits per heavy atom. The molecule has 2 N–H and O–H groups in total. The normalized spacial score (nSPS) is 11.4. The molecule has 0 unspecified atom stereocenters. The summed E-state index contributed by atoms with van der Waals surface area (Å²) in [6, 6.07) is 4.19. The van der Waals surface area contributed by atoms with Crippen LogP contribution in [0.15, 0.2) is 23.7 Å². The first kappa shape index (κ1) is 19.3. The van der Waals surface area contributed by atoms with Crippen LogP contribution in [0.4, 0.5) is 13.2 Å². The van der Waals surface area contributed by atoms with Crippen LogP contribution in [0.25, 0.3) is 11.2 Å². The zero-order valence-electron chi connectivity index (χ0n) is 13.1. The van der Waals surface area contributed by atoms with Crippen molar-refractivity contribution < 1.29 is 23.1 Å². The molecule has 136 valence electrons. The number of rotatable bonds is 5. The van der Waals surface area contributed by atoms with Gasteiger partial charge in [0.15, 0.2) is 5.65 Å². The summed E-state index contributed by atoms with van der Waals surface area (Å²) < 4.78 is 33.7. The van der Waals surface area contributed by atoms with Gasteiger partial charge in [0, 0.05) is 17.1 Å². The van der Waals surface area contributed by atoms with Crippen molar-refractivity contribution in [1.29, 1.82) is 0 Å². The van der Waals surface area contributed by atoms with Gasteiger partial charge >= 0.3 is 12.1 Å². The van der Waals surface area contributed by atoms with E-state index in [1.165, 1.54) is 4.88 Å². The van der Waals surface area contributed by atoms with Crippen LogP contribution in [0, 0.1) is 0 Å². The third-order valence-electron chi connectivity index (χ3n) is 3.00. The Hall–Kier alpha value is -2.01. The molecule has 3 aromatic rings. The summed E-state index contributed by atoms with van der Waals surface area (Å²) in [6.45, 7) is 0.800. The summed E-state index contributed by atoms with van der Waals surface area (Å²) in [7, 11) is 0. The molecule has 6 nitrogen and oxygen atoms in total. The number of hydrogen-bond acceptors (Lipinski definition) is 5. The monoisotopic (exact) mass is 392 g/mol. The van der Waals surface area contributed by atoms with Crippen molar-refractivity contribution in [3.63, 3.8) is 0 Å². The van der Waals surface area contributed by atoms with E-state index in [4.69, 9.17) is 9.90 Å². The molecule has 0 fully saturated rings. The molecule has 0 aliphatic carbocycles. The van der Waals surface area contributed by atoms with E-state index in [-0.39, 0.29) is 0 Å². The van der Waals surface area contributed by atoms with E-state index in [0.717, 1.165) is 35.7 Å². The average Bonchev–Trinajstić information content (AvgIpc) is 3.24. The maximum atomic E-state index is 10.6. The zero-order chi connectivity index (χ0) is 18.4. The van der Waals surface area contributed by atoms with Gasteiger partial charge in [0.05, 0.1) is 12.7 Å². The van der Waals surface area contributed by atoms with E-state index >= 15 is 0 Å². The van der Waals surface area contributed by atoms with Gasteiger partial charge in [-0.1, -0.05) is 6.07 Å². The Labute approximate surface area is 149 Å². The van der Waals surface area contributed by atoms with Crippen molar-refractivity contribution in [1.82, 2.24) is 19.7 Å². The van der Waals surface area contributed by atoms with Crippen molar-refractivity contribution in [3.8, 4) is 0 Å². The predicted octanol–water partition coefficient (Wildman–Crippen LogP) is 3.41. The minimum absolute atomic E-state index is 0.800. The number of aromatic amines is 1. The van der Waals surface area contributed by atoms with Crippen LogP contribution in [0.2, 0.25) is 0 Å². The van der Waals surface area contributed by atoms with Gasteiger partial charge in [0.1, 0.15) is 11.3 Å². The summed E-state index contributed by atoms with van der Waals surface area (Å²) in [5, 5.41) is 13.6. The van der Waals surface area contributed by atoms with Crippen molar-refractivity contribution in [3.05, 3.63) is 34.4 Å². The molecule has 0 bridgehead atoms. The highest BCUT2D eigenvalue weighted by Crippen LogP contribution is 2.16. The summed E-state index contributed by atoms with van der Waals surface area (Å²) in [4.78, 5) is 18.1. The second-order valence-corrected chi connectivity index (χ2v) is 6.87. The second kappa shape index (κ2) is 8.39. The first-order valence-corrected chi connectivity index (χ1v) is 9.30. The van der Waals surface area contributed by atoms with Gasteiger partial charge in [-0.2, -0.15) is 30.0 Å². The topological polar surface area (TPSA) is 83.8 Å². The third kappa shape index (κ3) is 5.49. The molecule has 0 spiro atoms. The van der Waals surface area contributed by atoms with Crippen LogP contribution < -0.4 is 0 Å². The first-order valence-electron chi connectivity index (χ1n) is 7.03. The lowest BCUT2D eigenvalue weighted by Crippen LogP contribution is -2.21. The van der Waals surface area contributed by atoms with Crippen molar-refractivity contribution in [2.24, 2.45) is 0 Å². The second-order valence-electron chi connectivity index (χ2n) is 4.85. The van der Waals surface area contributed by atoms with Gasteiger partial charge in [-0.25, -0.2) is 14.5 Å². The van der Waals surface area contributed by atoms with Crippen LogP contribution in [0.1, 0.15) is 10.7 Å². The fraction of sp³-hybridized carbons (Fsp3) is 0.357. The Balaban J connectivity index is 0.000000277. The highest BCUT2D eigenvalue weighted by molar-refractivity contribution is 7.98.